The molecule has 4 rings (SSSR count). The van der Waals surface area contributed by atoms with E-state index in [0.29, 0.717) is 28.6 Å². The minimum atomic E-state index is -0.342. The van der Waals surface area contributed by atoms with Crippen molar-refractivity contribution in [2.24, 2.45) is 10.9 Å². The number of aliphatic hydroxyl groups is 1. The van der Waals surface area contributed by atoms with Gasteiger partial charge in [-0.25, -0.2) is 10.1 Å². The van der Waals surface area contributed by atoms with E-state index in [1.807, 2.05) is 30.5 Å². The number of aliphatic imine (C=N–C) groups is 1. The Morgan fingerprint density at radius 2 is 2.03 bits per heavy atom. The summed E-state index contributed by atoms with van der Waals surface area (Å²) < 4.78 is 0. The monoisotopic (exact) mass is 407 g/mol. The zero-order chi connectivity index (χ0) is 20.9. The lowest BCUT2D eigenvalue weighted by Crippen LogP contribution is -2.35. The maximum Gasteiger partial charge on any atom is 0.277 e. The third-order valence-corrected chi connectivity index (χ3v) is 5.42. The molecule has 3 aromatic rings. The maximum atomic E-state index is 12.4. The fourth-order valence-corrected chi connectivity index (χ4v) is 3.68. The van der Waals surface area contributed by atoms with Crippen molar-refractivity contribution in [2.75, 3.05) is 30.4 Å². The molecule has 9 nitrogen and oxygen atoms in total. The van der Waals surface area contributed by atoms with E-state index in [2.05, 4.69) is 30.4 Å². The zero-order valence-electron chi connectivity index (χ0n) is 16.9. The number of H-pyrrole nitrogens is 1. The fraction of sp³-hybridized carbons (Fsp3) is 0.381. The third-order valence-electron chi connectivity index (χ3n) is 5.42. The summed E-state index contributed by atoms with van der Waals surface area (Å²) in [6, 6.07) is 7.33. The Balaban J connectivity index is 1.64. The highest BCUT2D eigenvalue weighted by Gasteiger charge is 2.22. The van der Waals surface area contributed by atoms with Gasteiger partial charge in [0.25, 0.3) is 5.56 Å². The molecule has 1 fully saturated rings. The number of rotatable bonds is 6. The SMILES string of the molecule is C/N=C\CC1CCN(c2nc(Nc3ccc(CO)cc3)c3c(=O)[nH]ncc3n2)CC1. The summed E-state index contributed by atoms with van der Waals surface area (Å²) in [4.78, 5) is 28.0. The predicted octanol–water partition coefficient (Wildman–Crippen LogP) is 2.26. The lowest BCUT2D eigenvalue weighted by Gasteiger charge is -2.31. The number of nitrogens with zero attached hydrogens (tertiary/aromatic N) is 5. The van der Waals surface area contributed by atoms with Gasteiger partial charge in [-0.15, -0.1) is 0 Å². The Kier molecular flexibility index (Phi) is 5.99. The molecule has 0 atom stereocenters. The molecule has 2 aromatic heterocycles. The zero-order valence-corrected chi connectivity index (χ0v) is 16.9. The summed E-state index contributed by atoms with van der Waals surface area (Å²) in [6.45, 7) is 1.69. The molecule has 1 aromatic carbocycles. The van der Waals surface area contributed by atoms with Crippen LogP contribution in [0, 0.1) is 5.92 Å². The van der Waals surface area contributed by atoms with Crippen molar-refractivity contribution >= 4 is 34.6 Å². The first-order valence-electron chi connectivity index (χ1n) is 10.1. The van der Waals surface area contributed by atoms with Gasteiger partial charge < -0.3 is 20.3 Å². The number of hydrogen-bond donors (Lipinski definition) is 3. The van der Waals surface area contributed by atoms with E-state index in [4.69, 9.17) is 4.98 Å². The van der Waals surface area contributed by atoms with Crippen molar-refractivity contribution in [3.63, 3.8) is 0 Å². The third kappa shape index (κ3) is 4.30. The van der Waals surface area contributed by atoms with Gasteiger partial charge in [0.05, 0.1) is 12.8 Å². The van der Waals surface area contributed by atoms with Gasteiger partial charge in [-0.05, 0) is 49.1 Å². The van der Waals surface area contributed by atoms with E-state index in [9.17, 15) is 9.90 Å². The molecular weight excluding hydrogens is 382 g/mol. The second-order valence-electron chi connectivity index (χ2n) is 7.42. The van der Waals surface area contributed by atoms with Crippen molar-refractivity contribution < 1.29 is 5.11 Å². The van der Waals surface area contributed by atoms with Gasteiger partial charge in [0.1, 0.15) is 16.7 Å². The van der Waals surface area contributed by atoms with Crippen molar-refractivity contribution in [3.8, 4) is 0 Å². The van der Waals surface area contributed by atoms with Gasteiger partial charge in [-0.1, -0.05) is 12.1 Å². The Hall–Kier alpha value is -3.33. The van der Waals surface area contributed by atoms with Crippen LogP contribution in [0.5, 0.6) is 0 Å². The summed E-state index contributed by atoms with van der Waals surface area (Å²) in [6.07, 6.45) is 6.62. The first-order valence-corrected chi connectivity index (χ1v) is 10.1. The van der Waals surface area contributed by atoms with Crippen LogP contribution < -0.4 is 15.8 Å². The molecule has 0 radical (unpaired) electrons. The highest BCUT2D eigenvalue weighted by Crippen LogP contribution is 2.27. The molecule has 0 unspecified atom stereocenters. The Morgan fingerprint density at radius 1 is 1.27 bits per heavy atom. The lowest BCUT2D eigenvalue weighted by atomic mass is 9.94. The Labute approximate surface area is 173 Å². The van der Waals surface area contributed by atoms with Crippen LogP contribution in [0.15, 0.2) is 40.2 Å². The topological polar surface area (TPSA) is 119 Å². The minimum Gasteiger partial charge on any atom is -0.392 e. The van der Waals surface area contributed by atoms with Gasteiger partial charge in [-0.2, -0.15) is 10.1 Å². The van der Waals surface area contributed by atoms with Crippen molar-refractivity contribution in [2.45, 2.75) is 25.9 Å². The number of fused-ring (bicyclic) bond motifs is 1. The molecule has 1 aliphatic rings. The van der Waals surface area contributed by atoms with Crippen LogP contribution in [0.1, 0.15) is 24.8 Å². The van der Waals surface area contributed by atoms with Crippen LogP contribution in [0.2, 0.25) is 0 Å². The summed E-state index contributed by atoms with van der Waals surface area (Å²) >= 11 is 0. The lowest BCUT2D eigenvalue weighted by molar-refractivity contribution is 0.282. The average molecular weight is 407 g/mol. The molecule has 0 amide bonds. The molecule has 3 N–H and O–H groups in total. The van der Waals surface area contributed by atoms with E-state index in [1.165, 1.54) is 0 Å². The number of aromatic nitrogens is 4. The molecule has 3 heterocycles. The predicted molar refractivity (Wildman–Crippen MR) is 118 cm³/mol. The van der Waals surface area contributed by atoms with Gasteiger partial charge in [0.2, 0.25) is 5.95 Å². The van der Waals surface area contributed by atoms with Crippen molar-refractivity contribution in [3.05, 3.63) is 46.4 Å². The Morgan fingerprint density at radius 3 is 2.73 bits per heavy atom. The van der Waals surface area contributed by atoms with Crippen molar-refractivity contribution in [1.29, 1.82) is 0 Å². The smallest absolute Gasteiger partial charge is 0.277 e. The number of hydrogen-bond acceptors (Lipinski definition) is 8. The number of aromatic amines is 1. The molecule has 156 valence electrons. The van der Waals surface area contributed by atoms with E-state index in [1.54, 1.807) is 13.2 Å². The van der Waals surface area contributed by atoms with Gasteiger partial charge >= 0.3 is 0 Å². The molecule has 1 aliphatic heterocycles. The highest BCUT2D eigenvalue weighted by molar-refractivity contribution is 5.90. The van der Waals surface area contributed by atoms with Gasteiger partial charge in [-0.3, -0.25) is 4.79 Å². The molecular formula is C21H25N7O2. The van der Waals surface area contributed by atoms with E-state index in [0.717, 1.165) is 43.6 Å². The first kappa shape index (κ1) is 20.0. The summed E-state index contributed by atoms with van der Waals surface area (Å²) in [5.41, 5.74) is 1.74. The van der Waals surface area contributed by atoms with Crippen LogP contribution in [0.25, 0.3) is 10.9 Å². The van der Waals surface area contributed by atoms with Crippen LogP contribution in [0.4, 0.5) is 17.5 Å². The molecule has 0 aliphatic carbocycles. The number of anilines is 3. The largest absolute Gasteiger partial charge is 0.392 e. The van der Waals surface area contributed by atoms with E-state index < -0.39 is 0 Å². The normalized spacial score (nSPS) is 15.2. The quantitative estimate of drug-likeness (QED) is 0.536. The molecule has 30 heavy (non-hydrogen) atoms. The molecule has 0 saturated carbocycles. The summed E-state index contributed by atoms with van der Waals surface area (Å²) in [5, 5.41) is 19.2. The average Bonchev–Trinajstić information content (AvgIpc) is 2.78. The number of nitrogens with one attached hydrogen (secondary N) is 2. The fourth-order valence-electron chi connectivity index (χ4n) is 3.68. The Bertz CT molecular complexity index is 1090. The van der Waals surface area contributed by atoms with Gasteiger partial charge in [0.15, 0.2) is 0 Å². The van der Waals surface area contributed by atoms with Crippen LogP contribution in [-0.2, 0) is 6.61 Å². The van der Waals surface area contributed by atoms with E-state index >= 15 is 0 Å². The standard InChI is InChI=1S/C21H25N7O2/c1-22-9-6-14-7-10-28(11-8-14)21-25-17-12-23-27-20(30)18(17)19(26-21)24-16-4-2-15(13-29)3-5-16/h2-5,9,12,14,29H,6-8,10-11,13H2,1H3,(H,27,30)(H,24,25,26)/b22-9-. The molecule has 1 saturated heterocycles. The maximum absolute atomic E-state index is 12.4. The minimum absolute atomic E-state index is 0.0216. The van der Waals surface area contributed by atoms with Gasteiger partial charge in [0, 0.05) is 25.8 Å². The van der Waals surface area contributed by atoms with Crippen LogP contribution in [-0.4, -0.2) is 51.6 Å². The molecule has 0 bridgehead atoms. The highest BCUT2D eigenvalue weighted by atomic mass is 16.3. The molecule has 9 heteroatoms. The summed E-state index contributed by atoms with van der Waals surface area (Å²) in [7, 11) is 1.81. The summed E-state index contributed by atoms with van der Waals surface area (Å²) in [5.74, 6) is 1.65. The number of piperidine rings is 1. The second kappa shape index (κ2) is 9.00. The second-order valence-corrected chi connectivity index (χ2v) is 7.42. The van der Waals surface area contributed by atoms with Crippen molar-refractivity contribution in [1.82, 2.24) is 20.2 Å². The number of benzene rings is 1. The molecule has 0 spiro atoms. The van der Waals surface area contributed by atoms with Crippen LogP contribution in [0.3, 0.4) is 0 Å². The van der Waals surface area contributed by atoms with E-state index in [-0.39, 0.29) is 12.2 Å². The number of aliphatic hydroxyl groups excluding tert-OH is 1. The van der Waals surface area contributed by atoms with Crippen LogP contribution >= 0.6 is 0 Å². The first-order chi connectivity index (χ1) is 14.7.